The normalized spacial score (nSPS) is 10.2. The van der Waals surface area contributed by atoms with Crippen LogP contribution in [0.15, 0.2) is 30.3 Å². The molecule has 0 aliphatic rings. The molecule has 5 heteroatoms. The van der Waals surface area contributed by atoms with Gasteiger partial charge >= 0.3 is 0 Å². The first-order valence-electron chi connectivity index (χ1n) is 5.16. The van der Waals surface area contributed by atoms with Gasteiger partial charge in [-0.3, -0.25) is 0 Å². The van der Waals surface area contributed by atoms with Gasteiger partial charge in [-0.2, -0.15) is 4.98 Å². The van der Waals surface area contributed by atoms with Crippen LogP contribution in [0.4, 0.5) is 5.95 Å². The maximum atomic E-state index is 8.91. The molecule has 0 atom stereocenters. The molecule has 0 spiro atoms. The van der Waals surface area contributed by atoms with E-state index in [2.05, 4.69) is 9.97 Å². The fourth-order valence-corrected chi connectivity index (χ4v) is 1.40. The summed E-state index contributed by atoms with van der Waals surface area (Å²) < 4.78 is 5.53. The molecule has 1 aromatic carbocycles. The molecule has 0 fully saturated rings. The van der Waals surface area contributed by atoms with Crippen LogP contribution in [0.5, 0.6) is 11.6 Å². The van der Waals surface area contributed by atoms with Crippen molar-refractivity contribution in [1.82, 2.24) is 9.97 Å². The minimum atomic E-state index is 0.0137. The molecule has 0 aliphatic carbocycles. The number of ether oxygens (including phenoxy) is 1. The van der Waals surface area contributed by atoms with Crippen molar-refractivity contribution in [1.29, 1.82) is 0 Å². The van der Waals surface area contributed by atoms with Gasteiger partial charge in [-0.15, -0.1) is 0 Å². The fourth-order valence-electron chi connectivity index (χ4n) is 1.40. The highest BCUT2D eigenvalue weighted by Crippen LogP contribution is 2.20. The fraction of sp³-hybridized carbons (Fsp3) is 0.167. The number of benzene rings is 1. The number of hydrogen-bond donors (Lipinski definition) is 2. The lowest BCUT2D eigenvalue weighted by Crippen LogP contribution is -1.98. The molecule has 0 bridgehead atoms. The number of rotatable bonds is 3. The SMILES string of the molecule is Cc1cc(Oc2ccc(CO)cc2)nc(N)n1. The number of aryl methyl sites for hydroxylation is 1. The summed E-state index contributed by atoms with van der Waals surface area (Å²) >= 11 is 0. The molecule has 3 N–H and O–H groups in total. The van der Waals surface area contributed by atoms with E-state index in [1.165, 1.54) is 0 Å². The molecule has 17 heavy (non-hydrogen) atoms. The van der Waals surface area contributed by atoms with Gasteiger partial charge in [0.1, 0.15) is 5.75 Å². The summed E-state index contributed by atoms with van der Waals surface area (Å²) in [6.45, 7) is 1.83. The summed E-state index contributed by atoms with van der Waals surface area (Å²) in [7, 11) is 0. The monoisotopic (exact) mass is 231 g/mol. The topological polar surface area (TPSA) is 81.3 Å². The van der Waals surface area contributed by atoms with Gasteiger partial charge in [0.05, 0.1) is 6.61 Å². The zero-order valence-electron chi connectivity index (χ0n) is 9.42. The lowest BCUT2D eigenvalue weighted by molar-refractivity contribution is 0.281. The second-order valence-corrected chi connectivity index (χ2v) is 3.61. The average molecular weight is 231 g/mol. The molecular weight excluding hydrogens is 218 g/mol. The van der Waals surface area contributed by atoms with E-state index in [4.69, 9.17) is 15.6 Å². The van der Waals surface area contributed by atoms with E-state index >= 15 is 0 Å². The average Bonchev–Trinajstić information content (AvgIpc) is 2.28. The molecule has 0 aliphatic heterocycles. The first-order valence-corrected chi connectivity index (χ1v) is 5.16. The van der Waals surface area contributed by atoms with Gasteiger partial charge in [-0.1, -0.05) is 12.1 Å². The molecule has 0 saturated heterocycles. The number of hydrogen-bond acceptors (Lipinski definition) is 5. The Morgan fingerprint density at radius 1 is 1.24 bits per heavy atom. The van der Waals surface area contributed by atoms with Crippen molar-refractivity contribution in [2.45, 2.75) is 13.5 Å². The molecule has 0 amide bonds. The first-order chi connectivity index (χ1) is 8.17. The summed E-state index contributed by atoms with van der Waals surface area (Å²) in [4.78, 5) is 7.92. The van der Waals surface area contributed by atoms with Crippen LogP contribution in [0, 0.1) is 6.92 Å². The van der Waals surface area contributed by atoms with Crippen molar-refractivity contribution in [3.63, 3.8) is 0 Å². The summed E-state index contributed by atoms with van der Waals surface area (Å²) in [5, 5.41) is 8.91. The molecule has 0 radical (unpaired) electrons. The molecule has 1 heterocycles. The standard InChI is InChI=1S/C12H13N3O2/c1-8-6-11(15-12(13)14-8)17-10-4-2-9(7-16)3-5-10/h2-6,16H,7H2,1H3,(H2,13,14,15). The molecule has 0 unspecified atom stereocenters. The minimum absolute atomic E-state index is 0.0137. The van der Waals surface area contributed by atoms with E-state index in [-0.39, 0.29) is 12.6 Å². The summed E-state index contributed by atoms with van der Waals surface area (Å²) in [6.07, 6.45) is 0. The lowest BCUT2D eigenvalue weighted by atomic mass is 10.2. The Balaban J connectivity index is 2.19. The van der Waals surface area contributed by atoms with Crippen molar-refractivity contribution in [3.8, 4) is 11.6 Å². The van der Waals surface area contributed by atoms with Crippen LogP contribution < -0.4 is 10.5 Å². The second-order valence-electron chi connectivity index (χ2n) is 3.61. The second kappa shape index (κ2) is 4.80. The van der Waals surface area contributed by atoms with Crippen molar-refractivity contribution >= 4 is 5.95 Å². The van der Waals surface area contributed by atoms with Crippen LogP contribution >= 0.6 is 0 Å². The van der Waals surface area contributed by atoms with Crippen molar-refractivity contribution in [2.24, 2.45) is 0 Å². The van der Waals surface area contributed by atoms with Crippen LogP contribution in [-0.4, -0.2) is 15.1 Å². The number of nitrogens with zero attached hydrogens (tertiary/aromatic N) is 2. The van der Waals surface area contributed by atoms with Gasteiger partial charge in [-0.05, 0) is 24.6 Å². The third kappa shape index (κ3) is 2.92. The summed E-state index contributed by atoms with van der Waals surface area (Å²) in [6, 6.07) is 8.80. The predicted molar refractivity (Wildman–Crippen MR) is 63.6 cm³/mol. The van der Waals surface area contributed by atoms with Gasteiger partial charge in [0.2, 0.25) is 11.8 Å². The van der Waals surface area contributed by atoms with Gasteiger partial charge in [0.15, 0.2) is 0 Å². The number of aliphatic hydroxyl groups excluding tert-OH is 1. The first kappa shape index (κ1) is 11.3. The Labute approximate surface area is 98.9 Å². The molecule has 1 aromatic heterocycles. The molecule has 0 saturated carbocycles. The Morgan fingerprint density at radius 3 is 2.53 bits per heavy atom. The Kier molecular flexibility index (Phi) is 3.20. The summed E-state index contributed by atoms with van der Waals surface area (Å²) in [5.74, 6) is 1.23. The van der Waals surface area contributed by atoms with E-state index in [9.17, 15) is 0 Å². The highest BCUT2D eigenvalue weighted by Gasteiger charge is 2.02. The number of aliphatic hydroxyl groups is 1. The van der Waals surface area contributed by atoms with Crippen LogP contribution in [0.3, 0.4) is 0 Å². The maximum absolute atomic E-state index is 8.91. The van der Waals surface area contributed by atoms with E-state index in [1.807, 2.05) is 6.92 Å². The van der Waals surface area contributed by atoms with Crippen LogP contribution in [-0.2, 0) is 6.61 Å². The van der Waals surface area contributed by atoms with Crippen LogP contribution in [0.1, 0.15) is 11.3 Å². The third-order valence-corrected chi connectivity index (χ3v) is 2.18. The van der Waals surface area contributed by atoms with Gasteiger partial charge in [-0.25, -0.2) is 4.98 Å². The van der Waals surface area contributed by atoms with Gasteiger partial charge in [0.25, 0.3) is 0 Å². The molecule has 5 nitrogen and oxygen atoms in total. The maximum Gasteiger partial charge on any atom is 0.224 e. The van der Waals surface area contributed by atoms with Crippen molar-refractivity contribution < 1.29 is 9.84 Å². The molecule has 2 aromatic rings. The van der Waals surface area contributed by atoms with Crippen LogP contribution in [0.25, 0.3) is 0 Å². The number of aromatic nitrogens is 2. The van der Waals surface area contributed by atoms with E-state index in [0.29, 0.717) is 11.6 Å². The Bertz CT molecular complexity index is 491. The van der Waals surface area contributed by atoms with E-state index < -0.39 is 0 Å². The largest absolute Gasteiger partial charge is 0.439 e. The van der Waals surface area contributed by atoms with E-state index in [0.717, 1.165) is 11.3 Å². The smallest absolute Gasteiger partial charge is 0.224 e. The minimum Gasteiger partial charge on any atom is -0.439 e. The number of nitrogen functional groups attached to an aromatic ring is 1. The summed E-state index contributed by atoms with van der Waals surface area (Å²) in [5.41, 5.74) is 7.10. The van der Waals surface area contributed by atoms with Crippen molar-refractivity contribution in [3.05, 3.63) is 41.6 Å². The number of anilines is 1. The highest BCUT2D eigenvalue weighted by molar-refractivity contribution is 5.32. The van der Waals surface area contributed by atoms with Crippen LogP contribution in [0.2, 0.25) is 0 Å². The predicted octanol–water partition coefficient (Wildman–Crippen LogP) is 1.65. The number of nitrogens with two attached hydrogens (primary N) is 1. The van der Waals surface area contributed by atoms with Gasteiger partial charge < -0.3 is 15.6 Å². The zero-order valence-corrected chi connectivity index (χ0v) is 9.42. The molecular formula is C12H13N3O2. The zero-order chi connectivity index (χ0) is 12.3. The van der Waals surface area contributed by atoms with Gasteiger partial charge in [0, 0.05) is 11.8 Å². The highest BCUT2D eigenvalue weighted by atomic mass is 16.5. The Morgan fingerprint density at radius 2 is 1.94 bits per heavy atom. The Hall–Kier alpha value is -2.14. The molecule has 88 valence electrons. The van der Waals surface area contributed by atoms with Crippen molar-refractivity contribution in [2.75, 3.05) is 5.73 Å². The lowest BCUT2D eigenvalue weighted by Gasteiger charge is -2.06. The third-order valence-electron chi connectivity index (χ3n) is 2.18. The molecule has 2 rings (SSSR count). The van der Waals surface area contributed by atoms with E-state index in [1.54, 1.807) is 30.3 Å². The quantitative estimate of drug-likeness (QED) is 0.839.